The Kier molecular flexibility index (Phi) is 3.31. The first kappa shape index (κ1) is 14.7. The number of anilines is 1. The molecule has 3 aliphatic rings. The first-order chi connectivity index (χ1) is 11.7. The van der Waals surface area contributed by atoms with E-state index in [0.717, 1.165) is 43.1 Å². The molecule has 2 aliphatic heterocycles. The highest BCUT2D eigenvalue weighted by molar-refractivity contribution is 7.22. The standard InChI is InChI=1S/C18H22N4OS/c1-2-21-9-8-14-13(10-21)19-17(23)22(14)18-20-16-12-5-3-4-11(12)6-7-15(16)24-18/h6-7,13-14H,2-5,8-10H2,1H3,(H,19,23). The monoisotopic (exact) mass is 342 g/mol. The number of hydrogen-bond acceptors (Lipinski definition) is 4. The van der Waals surface area contributed by atoms with Crippen LogP contribution in [0.5, 0.6) is 0 Å². The molecule has 1 aliphatic carbocycles. The van der Waals surface area contributed by atoms with Crippen LogP contribution in [0.2, 0.25) is 0 Å². The van der Waals surface area contributed by atoms with Crippen molar-refractivity contribution in [2.75, 3.05) is 24.5 Å². The van der Waals surface area contributed by atoms with Crippen LogP contribution in [0, 0.1) is 0 Å². The van der Waals surface area contributed by atoms with E-state index in [1.807, 2.05) is 4.90 Å². The Labute approximate surface area is 145 Å². The third-order valence-electron chi connectivity index (χ3n) is 5.80. The molecule has 2 saturated heterocycles. The second-order valence-electron chi connectivity index (χ2n) is 7.08. The number of nitrogens with zero attached hydrogens (tertiary/aromatic N) is 3. The number of carbonyl (C=O) groups excluding carboxylic acids is 1. The molecule has 2 unspecified atom stereocenters. The third-order valence-corrected chi connectivity index (χ3v) is 6.82. The molecule has 5 rings (SSSR count). The van der Waals surface area contributed by atoms with Crippen LogP contribution in [0.1, 0.15) is 30.9 Å². The van der Waals surface area contributed by atoms with Gasteiger partial charge in [0, 0.05) is 13.1 Å². The van der Waals surface area contributed by atoms with Crippen LogP contribution in [0.4, 0.5) is 9.93 Å². The first-order valence-corrected chi connectivity index (χ1v) is 9.79. The van der Waals surface area contributed by atoms with E-state index >= 15 is 0 Å². The largest absolute Gasteiger partial charge is 0.331 e. The molecule has 2 fully saturated rings. The van der Waals surface area contributed by atoms with Crippen LogP contribution >= 0.6 is 11.3 Å². The molecule has 0 saturated carbocycles. The van der Waals surface area contributed by atoms with Crippen LogP contribution in [-0.2, 0) is 12.8 Å². The van der Waals surface area contributed by atoms with E-state index in [2.05, 4.69) is 29.3 Å². The second-order valence-corrected chi connectivity index (χ2v) is 8.08. The number of rotatable bonds is 2. The number of nitrogens with one attached hydrogen (secondary N) is 1. The molecule has 2 atom stereocenters. The van der Waals surface area contributed by atoms with Gasteiger partial charge in [0.05, 0.1) is 22.3 Å². The lowest BCUT2D eigenvalue weighted by Crippen LogP contribution is -2.51. The predicted molar refractivity (Wildman–Crippen MR) is 97.0 cm³/mol. The van der Waals surface area contributed by atoms with Crippen molar-refractivity contribution >= 4 is 32.7 Å². The molecule has 0 bridgehead atoms. The van der Waals surface area contributed by atoms with Crippen molar-refractivity contribution in [1.82, 2.24) is 15.2 Å². The highest BCUT2D eigenvalue weighted by Gasteiger charge is 2.44. The molecule has 1 aromatic heterocycles. The summed E-state index contributed by atoms with van der Waals surface area (Å²) in [4.78, 5) is 21.9. The molecular formula is C18H22N4OS. The summed E-state index contributed by atoms with van der Waals surface area (Å²) >= 11 is 1.67. The molecule has 24 heavy (non-hydrogen) atoms. The SMILES string of the molecule is CCN1CCC2C(C1)NC(=O)N2c1nc2c3c(ccc2s1)CCC3. The molecule has 6 heteroatoms. The van der Waals surface area contributed by atoms with Crippen molar-refractivity contribution in [3.8, 4) is 0 Å². The number of thiazole rings is 1. The zero-order valence-corrected chi connectivity index (χ0v) is 14.7. The number of fused-ring (bicyclic) bond motifs is 4. The molecule has 1 N–H and O–H groups in total. The van der Waals surface area contributed by atoms with Gasteiger partial charge in [-0.05, 0) is 49.4 Å². The Morgan fingerprint density at radius 3 is 3.17 bits per heavy atom. The summed E-state index contributed by atoms with van der Waals surface area (Å²) in [7, 11) is 0. The average Bonchev–Trinajstić information content (AvgIpc) is 3.28. The molecule has 3 heterocycles. The average molecular weight is 342 g/mol. The number of urea groups is 1. The van der Waals surface area contributed by atoms with Gasteiger partial charge < -0.3 is 10.2 Å². The van der Waals surface area contributed by atoms with Crippen molar-refractivity contribution in [3.05, 3.63) is 23.3 Å². The van der Waals surface area contributed by atoms with Gasteiger partial charge in [0.1, 0.15) is 0 Å². The normalized spacial score (nSPS) is 26.7. The summed E-state index contributed by atoms with van der Waals surface area (Å²) in [6.07, 6.45) is 4.54. The lowest BCUT2D eigenvalue weighted by atomic mass is 10.0. The minimum atomic E-state index is 0.0265. The van der Waals surface area contributed by atoms with Gasteiger partial charge >= 0.3 is 6.03 Å². The number of benzene rings is 1. The summed E-state index contributed by atoms with van der Waals surface area (Å²) < 4.78 is 1.22. The summed E-state index contributed by atoms with van der Waals surface area (Å²) in [5, 5.41) is 4.05. The molecule has 5 nitrogen and oxygen atoms in total. The number of carbonyl (C=O) groups is 1. The number of aromatic nitrogens is 1. The van der Waals surface area contributed by atoms with Gasteiger partial charge in [0.2, 0.25) is 0 Å². The molecule has 1 aromatic carbocycles. The minimum Gasteiger partial charge on any atom is -0.331 e. The van der Waals surface area contributed by atoms with Crippen LogP contribution < -0.4 is 10.2 Å². The van der Waals surface area contributed by atoms with E-state index in [0.29, 0.717) is 0 Å². The first-order valence-electron chi connectivity index (χ1n) is 8.98. The Bertz CT molecular complexity index is 817. The van der Waals surface area contributed by atoms with Crippen molar-refractivity contribution < 1.29 is 4.79 Å². The fraction of sp³-hybridized carbons (Fsp3) is 0.556. The maximum atomic E-state index is 12.6. The van der Waals surface area contributed by atoms with Crippen molar-refractivity contribution in [2.24, 2.45) is 0 Å². The Morgan fingerprint density at radius 2 is 2.29 bits per heavy atom. The summed E-state index contributed by atoms with van der Waals surface area (Å²) in [6.45, 7) is 5.24. The van der Waals surface area contributed by atoms with E-state index in [1.165, 1.54) is 28.7 Å². The molecular weight excluding hydrogens is 320 g/mol. The van der Waals surface area contributed by atoms with E-state index in [4.69, 9.17) is 4.98 Å². The minimum absolute atomic E-state index is 0.0265. The maximum absolute atomic E-state index is 12.6. The molecule has 0 radical (unpaired) electrons. The second kappa shape index (κ2) is 5.43. The van der Waals surface area contributed by atoms with Crippen LogP contribution in [0.25, 0.3) is 10.2 Å². The van der Waals surface area contributed by atoms with Gasteiger partial charge in [0.15, 0.2) is 5.13 Å². The number of piperidine rings is 1. The van der Waals surface area contributed by atoms with Crippen molar-refractivity contribution in [2.45, 2.75) is 44.7 Å². The van der Waals surface area contributed by atoms with Crippen LogP contribution in [-0.4, -0.2) is 47.6 Å². The van der Waals surface area contributed by atoms with Crippen LogP contribution in [0.15, 0.2) is 12.1 Å². The van der Waals surface area contributed by atoms with Gasteiger partial charge in [-0.25, -0.2) is 9.78 Å². The van der Waals surface area contributed by atoms with Gasteiger partial charge in [-0.3, -0.25) is 4.90 Å². The van der Waals surface area contributed by atoms with Crippen molar-refractivity contribution in [3.63, 3.8) is 0 Å². The van der Waals surface area contributed by atoms with Gasteiger partial charge in [0.25, 0.3) is 0 Å². The quantitative estimate of drug-likeness (QED) is 0.913. The van der Waals surface area contributed by atoms with Gasteiger partial charge in [-0.1, -0.05) is 24.3 Å². The predicted octanol–water partition coefficient (Wildman–Crippen LogP) is 2.78. The zero-order valence-electron chi connectivity index (χ0n) is 13.9. The Morgan fingerprint density at radius 1 is 1.38 bits per heavy atom. The maximum Gasteiger partial charge on any atom is 0.324 e. The number of likely N-dealkylation sites (tertiary alicyclic amines) is 1. The topological polar surface area (TPSA) is 48.5 Å². The molecule has 2 aromatic rings. The third kappa shape index (κ3) is 2.09. The van der Waals surface area contributed by atoms with Gasteiger partial charge in [-0.2, -0.15) is 0 Å². The lowest BCUT2D eigenvalue weighted by Gasteiger charge is -2.35. The summed E-state index contributed by atoms with van der Waals surface area (Å²) in [6, 6.07) is 4.93. The number of amides is 2. The van der Waals surface area contributed by atoms with Gasteiger partial charge in [-0.15, -0.1) is 0 Å². The fourth-order valence-corrected chi connectivity index (χ4v) is 5.55. The van der Waals surface area contributed by atoms with E-state index in [-0.39, 0.29) is 18.1 Å². The lowest BCUT2D eigenvalue weighted by molar-refractivity contribution is 0.201. The highest BCUT2D eigenvalue weighted by atomic mass is 32.1. The molecule has 126 valence electrons. The number of aryl methyl sites for hydroxylation is 2. The highest BCUT2D eigenvalue weighted by Crippen LogP contribution is 2.38. The van der Waals surface area contributed by atoms with E-state index in [9.17, 15) is 4.79 Å². The van der Waals surface area contributed by atoms with E-state index in [1.54, 1.807) is 11.3 Å². The Hall–Kier alpha value is -1.66. The smallest absolute Gasteiger partial charge is 0.324 e. The Balaban J connectivity index is 1.52. The molecule has 0 spiro atoms. The fourth-order valence-electron chi connectivity index (χ4n) is 4.50. The summed E-state index contributed by atoms with van der Waals surface area (Å²) in [5.41, 5.74) is 3.98. The number of hydrogen-bond donors (Lipinski definition) is 1. The van der Waals surface area contributed by atoms with Crippen LogP contribution in [0.3, 0.4) is 0 Å². The zero-order chi connectivity index (χ0) is 16.3. The number of likely N-dealkylation sites (N-methyl/N-ethyl adjacent to an activating group) is 1. The van der Waals surface area contributed by atoms with E-state index < -0.39 is 0 Å². The summed E-state index contributed by atoms with van der Waals surface area (Å²) in [5.74, 6) is 0. The van der Waals surface area contributed by atoms with Crippen molar-refractivity contribution in [1.29, 1.82) is 0 Å². The molecule has 2 amide bonds.